The molecule has 0 atom stereocenters. The van der Waals surface area contributed by atoms with E-state index in [2.05, 4.69) is 36.3 Å². The summed E-state index contributed by atoms with van der Waals surface area (Å²) in [6, 6.07) is 25.2. The summed E-state index contributed by atoms with van der Waals surface area (Å²) >= 11 is 0. The summed E-state index contributed by atoms with van der Waals surface area (Å²) < 4.78 is 11.5. The van der Waals surface area contributed by atoms with Gasteiger partial charge < -0.3 is 14.5 Å². The largest absolute Gasteiger partial charge is 0.495 e. The topological polar surface area (TPSA) is 64.4 Å². The summed E-state index contributed by atoms with van der Waals surface area (Å²) in [4.78, 5) is 17.7. The first kappa shape index (κ1) is 20.8. The number of nitrogens with zero attached hydrogens (tertiary/aromatic N) is 1. The van der Waals surface area contributed by atoms with Crippen molar-refractivity contribution < 1.29 is 13.9 Å². The van der Waals surface area contributed by atoms with Crippen LogP contribution < -0.4 is 10.1 Å². The van der Waals surface area contributed by atoms with Crippen molar-refractivity contribution in [1.82, 2.24) is 4.98 Å². The van der Waals surface area contributed by atoms with Crippen LogP contribution >= 0.6 is 0 Å². The lowest BCUT2D eigenvalue weighted by atomic mass is 10.0. The van der Waals surface area contributed by atoms with Crippen LogP contribution in [0.2, 0.25) is 0 Å². The number of aromatic nitrogens is 1. The molecular formula is C28H24N2O3. The van der Waals surface area contributed by atoms with Crippen molar-refractivity contribution in [3.8, 4) is 17.2 Å². The highest BCUT2D eigenvalue weighted by Crippen LogP contribution is 2.33. The minimum absolute atomic E-state index is 0.213. The Morgan fingerprint density at radius 3 is 2.55 bits per heavy atom. The van der Waals surface area contributed by atoms with Crippen molar-refractivity contribution in [1.29, 1.82) is 0 Å². The number of carbonyl (C=O) groups excluding carboxylic acids is 1. The molecule has 0 saturated carbocycles. The molecule has 4 aromatic carbocycles. The van der Waals surface area contributed by atoms with E-state index >= 15 is 0 Å². The molecule has 164 valence electrons. The monoisotopic (exact) mass is 436 g/mol. The van der Waals surface area contributed by atoms with Crippen LogP contribution in [0.15, 0.2) is 83.3 Å². The summed E-state index contributed by atoms with van der Waals surface area (Å²) in [5.74, 6) is 1.25. The molecule has 1 N–H and O–H groups in total. The van der Waals surface area contributed by atoms with E-state index in [1.54, 1.807) is 13.2 Å². The molecule has 0 fully saturated rings. The smallest absolute Gasteiger partial charge is 0.255 e. The van der Waals surface area contributed by atoms with E-state index < -0.39 is 0 Å². The highest BCUT2D eigenvalue weighted by atomic mass is 16.5. The number of nitrogens with one attached hydrogen (secondary N) is 1. The zero-order valence-corrected chi connectivity index (χ0v) is 18.8. The average molecular weight is 437 g/mol. The number of fused-ring (bicyclic) bond motifs is 2. The van der Waals surface area contributed by atoms with Crippen molar-refractivity contribution >= 4 is 33.5 Å². The molecule has 0 saturated heterocycles. The fourth-order valence-corrected chi connectivity index (χ4v) is 3.89. The maximum Gasteiger partial charge on any atom is 0.255 e. The third-order valence-corrected chi connectivity index (χ3v) is 5.78. The number of carbonyl (C=O) groups is 1. The number of hydrogen-bond donors (Lipinski definition) is 1. The van der Waals surface area contributed by atoms with Gasteiger partial charge >= 0.3 is 0 Å². The summed E-state index contributed by atoms with van der Waals surface area (Å²) in [5, 5.41) is 5.08. The molecule has 0 unspecified atom stereocenters. The molecule has 33 heavy (non-hydrogen) atoms. The molecule has 0 aliphatic heterocycles. The van der Waals surface area contributed by atoms with Gasteiger partial charge in [0.2, 0.25) is 5.89 Å². The van der Waals surface area contributed by atoms with Gasteiger partial charge in [0, 0.05) is 11.1 Å². The molecule has 1 amide bonds. The van der Waals surface area contributed by atoms with Crippen molar-refractivity contribution in [2.75, 3.05) is 12.4 Å². The number of methoxy groups -OCH3 is 1. The van der Waals surface area contributed by atoms with Crippen molar-refractivity contribution in [3.05, 3.63) is 90.0 Å². The molecule has 5 aromatic rings. The van der Waals surface area contributed by atoms with Gasteiger partial charge in [0.1, 0.15) is 11.3 Å². The standard InChI is InChI=1S/C28H24N2O3/c1-17(2)19-10-13-26-24(15-19)30-28(33-26)22-11-12-25(32-3)23(16-22)29-27(31)21-9-8-18-6-4-5-7-20(18)14-21/h4-17H,1-3H3,(H,29,31). The van der Waals surface area contributed by atoms with Gasteiger partial charge in [-0.3, -0.25) is 4.79 Å². The third kappa shape index (κ3) is 4.05. The highest BCUT2D eigenvalue weighted by molar-refractivity contribution is 6.07. The molecular weight excluding hydrogens is 412 g/mol. The molecule has 5 rings (SSSR count). The van der Waals surface area contributed by atoms with Crippen LogP contribution in [0.3, 0.4) is 0 Å². The third-order valence-electron chi connectivity index (χ3n) is 5.78. The second kappa shape index (κ2) is 8.43. The maximum absolute atomic E-state index is 13.0. The number of oxazole rings is 1. The second-order valence-corrected chi connectivity index (χ2v) is 8.33. The fourth-order valence-electron chi connectivity index (χ4n) is 3.89. The van der Waals surface area contributed by atoms with Gasteiger partial charge in [-0.15, -0.1) is 0 Å². The van der Waals surface area contributed by atoms with E-state index in [4.69, 9.17) is 9.15 Å². The Bertz CT molecular complexity index is 1480. The number of anilines is 1. The molecule has 0 spiro atoms. The van der Waals surface area contributed by atoms with Crippen LogP contribution in [0.5, 0.6) is 5.75 Å². The fraction of sp³-hybridized carbons (Fsp3) is 0.143. The Morgan fingerprint density at radius 1 is 0.939 bits per heavy atom. The summed E-state index contributed by atoms with van der Waals surface area (Å²) in [6.07, 6.45) is 0. The summed E-state index contributed by atoms with van der Waals surface area (Å²) in [7, 11) is 1.58. The molecule has 1 heterocycles. The number of benzene rings is 4. The lowest BCUT2D eigenvalue weighted by Gasteiger charge is -2.12. The first-order chi connectivity index (χ1) is 16.0. The predicted octanol–water partition coefficient (Wildman–Crippen LogP) is 7.03. The maximum atomic E-state index is 13.0. The van der Waals surface area contributed by atoms with Crippen LogP contribution in [-0.2, 0) is 0 Å². The molecule has 1 aromatic heterocycles. The molecule has 0 aliphatic rings. The van der Waals surface area contributed by atoms with E-state index in [1.165, 1.54) is 5.56 Å². The van der Waals surface area contributed by atoms with Crippen molar-refractivity contribution in [3.63, 3.8) is 0 Å². The van der Waals surface area contributed by atoms with Gasteiger partial charge in [-0.1, -0.05) is 50.2 Å². The summed E-state index contributed by atoms with van der Waals surface area (Å²) in [6.45, 7) is 4.30. The van der Waals surface area contributed by atoms with Gasteiger partial charge in [0.05, 0.1) is 12.8 Å². The van der Waals surface area contributed by atoms with Gasteiger partial charge in [-0.25, -0.2) is 4.98 Å². The summed E-state index contributed by atoms with van der Waals surface area (Å²) in [5.41, 5.74) is 4.63. The Morgan fingerprint density at radius 2 is 1.76 bits per heavy atom. The zero-order chi connectivity index (χ0) is 22.9. The van der Waals surface area contributed by atoms with Crippen LogP contribution in [-0.4, -0.2) is 18.0 Å². The Labute approximate surface area is 192 Å². The molecule has 0 aliphatic carbocycles. The number of rotatable bonds is 5. The first-order valence-electron chi connectivity index (χ1n) is 10.9. The normalized spacial score (nSPS) is 11.3. The lowest BCUT2D eigenvalue weighted by molar-refractivity contribution is 0.102. The molecule has 5 nitrogen and oxygen atoms in total. The van der Waals surface area contributed by atoms with Crippen LogP contribution in [0.1, 0.15) is 35.7 Å². The van der Waals surface area contributed by atoms with E-state index in [0.29, 0.717) is 28.8 Å². The Kier molecular flexibility index (Phi) is 5.31. The quantitative estimate of drug-likeness (QED) is 0.321. The van der Waals surface area contributed by atoms with Gasteiger partial charge in [0.15, 0.2) is 5.58 Å². The van der Waals surface area contributed by atoms with Crippen molar-refractivity contribution in [2.45, 2.75) is 19.8 Å². The molecule has 0 radical (unpaired) electrons. The second-order valence-electron chi connectivity index (χ2n) is 8.33. The average Bonchev–Trinajstić information content (AvgIpc) is 3.27. The lowest BCUT2D eigenvalue weighted by Crippen LogP contribution is -2.12. The number of hydrogen-bond acceptors (Lipinski definition) is 4. The van der Waals surface area contributed by atoms with Crippen molar-refractivity contribution in [2.24, 2.45) is 0 Å². The Balaban J connectivity index is 1.48. The predicted molar refractivity (Wildman–Crippen MR) is 132 cm³/mol. The SMILES string of the molecule is COc1ccc(-c2nc3cc(C(C)C)ccc3o2)cc1NC(=O)c1ccc2ccccc2c1. The van der Waals surface area contributed by atoms with Crippen LogP contribution in [0.4, 0.5) is 5.69 Å². The number of amides is 1. The Hall–Kier alpha value is -4.12. The zero-order valence-electron chi connectivity index (χ0n) is 18.8. The minimum atomic E-state index is -0.213. The van der Waals surface area contributed by atoms with E-state index in [9.17, 15) is 4.79 Å². The van der Waals surface area contributed by atoms with Crippen LogP contribution in [0, 0.1) is 0 Å². The first-order valence-corrected chi connectivity index (χ1v) is 10.9. The van der Waals surface area contributed by atoms with E-state index in [0.717, 1.165) is 27.4 Å². The minimum Gasteiger partial charge on any atom is -0.495 e. The molecule has 5 heteroatoms. The van der Waals surface area contributed by atoms with Gasteiger partial charge in [-0.05, 0) is 64.7 Å². The highest BCUT2D eigenvalue weighted by Gasteiger charge is 2.15. The van der Waals surface area contributed by atoms with Crippen LogP contribution in [0.25, 0.3) is 33.3 Å². The van der Waals surface area contributed by atoms with E-state index in [1.807, 2.05) is 60.7 Å². The van der Waals surface area contributed by atoms with E-state index in [-0.39, 0.29) is 5.91 Å². The van der Waals surface area contributed by atoms with Gasteiger partial charge in [0.25, 0.3) is 5.91 Å². The van der Waals surface area contributed by atoms with Gasteiger partial charge in [-0.2, -0.15) is 0 Å². The number of ether oxygens (including phenoxy) is 1. The molecule has 0 bridgehead atoms.